The van der Waals surface area contributed by atoms with Crippen LogP contribution in [0.3, 0.4) is 0 Å². The van der Waals surface area contributed by atoms with Crippen molar-refractivity contribution in [2.45, 2.75) is 66.2 Å². The van der Waals surface area contributed by atoms with Crippen LogP contribution in [0.25, 0.3) is 54.5 Å². The van der Waals surface area contributed by atoms with Crippen molar-refractivity contribution in [3.63, 3.8) is 0 Å². The standard InChI is InChI=1S/C34H34N2OS/c1-19-11-9-12-20(2)28(19)24-18-35-26(17-25(24)33(3,4)5)23-14-10-13-21-22-15-16-27-29(31(22)37-30(21)23)36-32(38-27)34(6,7)8/h9-18H,1-8H3. The zero-order valence-corrected chi connectivity index (χ0v) is 24.3. The molecule has 0 atom stereocenters. The summed E-state index contributed by atoms with van der Waals surface area (Å²) in [4.78, 5) is 10.1. The predicted octanol–water partition coefficient (Wildman–Crippen LogP) is 10.1. The summed E-state index contributed by atoms with van der Waals surface area (Å²) in [6.45, 7) is 17.8. The molecule has 0 unspecified atom stereocenters. The van der Waals surface area contributed by atoms with Gasteiger partial charge in [0.25, 0.3) is 0 Å². The molecule has 192 valence electrons. The van der Waals surface area contributed by atoms with Crippen LogP contribution in [0.5, 0.6) is 0 Å². The molecule has 0 radical (unpaired) electrons. The molecule has 0 aliphatic heterocycles. The third kappa shape index (κ3) is 3.94. The minimum atomic E-state index is -0.0559. The summed E-state index contributed by atoms with van der Waals surface area (Å²) in [6, 6.07) is 19.5. The molecular weight excluding hydrogens is 484 g/mol. The number of hydrogen-bond acceptors (Lipinski definition) is 4. The Labute approximate surface area is 228 Å². The van der Waals surface area contributed by atoms with E-state index in [4.69, 9.17) is 14.4 Å². The molecular formula is C34H34N2OS. The third-order valence-electron chi connectivity index (χ3n) is 7.40. The SMILES string of the molecule is Cc1cccc(C)c1-c1cnc(-c2cccc3c2oc2c3ccc3sc(C(C)(C)C)nc32)cc1C(C)(C)C. The number of benzene rings is 3. The van der Waals surface area contributed by atoms with Gasteiger partial charge in [-0.25, -0.2) is 4.98 Å². The summed E-state index contributed by atoms with van der Waals surface area (Å²) in [5.74, 6) is 0. The van der Waals surface area contributed by atoms with Crippen molar-refractivity contribution in [2.24, 2.45) is 0 Å². The normalized spacial score (nSPS) is 12.7. The van der Waals surface area contributed by atoms with Gasteiger partial charge in [-0.05, 0) is 65.8 Å². The van der Waals surface area contributed by atoms with Gasteiger partial charge in [-0.2, -0.15) is 0 Å². The molecule has 0 bridgehead atoms. The Balaban J connectivity index is 1.59. The van der Waals surface area contributed by atoms with Gasteiger partial charge in [0.15, 0.2) is 5.58 Å². The molecule has 0 aliphatic carbocycles. The maximum atomic E-state index is 6.66. The predicted molar refractivity (Wildman–Crippen MR) is 162 cm³/mol. The van der Waals surface area contributed by atoms with E-state index in [9.17, 15) is 0 Å². The van der Waals surface area contributed by atoms with Crippen molar-refractivity contribution in [3.8, 4) is 22.4 Å². The first-order valence-corrected chi connectivity index (χ1v) is 14.1. The molecule has 3 aromatic carbocycles. The van der Waals surface area contributed by atoms with Gasteiger partial charge in [-0.1, -0.05) is 71.9 Å². The molecule has 38 heavy (non-hydrogen) atoms. The number of hydrogen-bond donors (Lipinski definition) is 0. The van der Waals surface area contributed by atoms with Crippen LogP contribution < -0.4 is 0 Å². The van der Waals surface area contributed by atoms with E-state index in [0.717, 1.165) is 48.4 Å². The van der Waals surface area contributed by atoms with Gasteiger partial charge in [-0.15, -0.1) is 11.3 Å². The molecule has 6 rings (SSSR count). The first-order valence-electron chi connectivity index (χ1n) is 13.3. The largest absolute Gasteiger partial charge is 0.453 e. The third-order valence-corrected chi connectivity index (χ3v) is 8.85. The highest BCUT2D eigenvalue weighted by molar-refractivity contribution is 7.18. The van der Waals surface area contributed by atoms with Gasteiger partial charge >= 0.3 is 0 Å². The lowest BCUT2D eigenvalue weighted by molar-refractivity contribution is 0.586. The molecule has 0 fully saturated rings. The number of nitrogens with zero attached hydrogens (tertiary/aromatic N) is 2. The summed E-state index contributed by atoms with van der Waals surface area (Å²) in [7, 11) is 0. The van der Waals surface area contributed by atoms with Crippen molar-refractivity contribution >= 4 is 43.5 Å². The van der Waals surface area contributed by atoms with Crippen LogP contribution in [0.1, 0.15) is 63.2 Å². The van der Waals surface area contributed by atoms with Crippen molar-refractivity contribution < 1.29 is 4.42 Å². The van der Waals surface area contributed by atoms with E-state index < -0.39 is 0 Å². The zero-order valence-electron chi connectivity index (χ0n) is 23.5. The Morgan fingerprint density at radius 3 is 2.11 bits per heavy atom. The number of pyridine rings is 1. The van der Waals surface area contributed by atoms with Crippen LogP contribution in [-0.4, -0.2) is 9.97 Å². The zero-order chi connectivity index (χ0) is 27.0. The number of fused-ring (bicyclic) bond motifs is 5. The molecule has 3 heterocycles. The van der Waals surface area contributed by atoms with Gasteiger partial charge in [0.1, 0.15) is 11.1 Å². The Kier molecular flexibility index (Phi) is 5.55. The fourth-order valence-corrected chi connectivity index (χ4v) is 6.45. The number of furan rings is 1. The molecule has 3 aromatic heterocycles. The van der Waals surface area contributed by atoms with Crippen LogP contribution in [0, 0.1) is 13.8 Å². The summed E-state index contributed by atoms with van der Waals surface area (Å²) < 4.78 is 7.82. The van der Waals surface area contributed by atoms with Crippen molar-refractivity contribution in [2.75, 3.05) is 0 Å². The molecule has 0 saturated heterocycles. The maximum Gasteiger partial charge on any atom is 0.162 e. The van der Waals surface area contributed by atoms with E-state index in [1.165, 1.54) is 27.8 Å². The van der Waals surface area contributed by atoms with Crippen molar-refractivity contribution in [1.82, 2.24) is 9.97 Å². The number of thiazole rings is 1. The van der Waals surface area contributed by atoms with Crippen LogP contribution in [0.2, 0.25) is 0 Å². The second kappa shape index (κ2) is 8.51. The Morgan fingerprint density at radius 2 is 1.42 bits per heavy atom. The summed E-state index contributed by atoms with van der Waals surface area (Å²) in [5.41, 5.74) is 10.9. The monoisotopic (exact) mass is 518 g/mol. The lowest BCUT2D eigenvalue weighted by Gasteiger charge is -2.25. The highest BCUT2D eigenvalue weighted by atomic mass is 32.1. The van der Waals surface area contributed by atoms with Gasteiger partial charge < -0.3 is 4.42 Å². The molecule has 0 N–H and O–H groups in total. The topological polar surface area (TPSA) is 38.9 Å². The molecule has 3 nitrogen and oxygen atoms in total. The first kappa shape index (κ1) is 24.8. The Bertz CT molecular complexity index is 1840. The lowest BCUT2D eigenvalue weighted by atomic mass is 9.80. The maximum absolute atomic E-state index is 6.66. The van der Waals surface area contributed by atoms with E-state index in [1.54, 1.807) is 11.3 Å². The number of aryl methyl sites for hydroxylation is 2. The van der Waals surface area contributed by atoms with E-state index >= 15 is 0 Å². The second-order valence-corrected chi connectivity index (χ2v) is 13.5. The minimum absolute atomic E-state index is 0.00231. The quantitative estimate of drug-likeness (QED) is 0.229. The molecule has 0 spiro atoms. The number of rotatable bonds is 2. The first-order chi connectivity index (χ1) is 17.9. The minimum Gasteiger partial charge on any atom is -0.453 e. The van der Waals surface area contributed by atoms with Crippen LogP contribution >= 0.6 is 11.3 Å². The van der Waals surface area contributed by atoms with Crippen LogP contribution in [-0.2, 0) is 10.8 Å². The fraction of sp³-hybridized carbons (Fsp3) is 0.294. The fourth-order valence-electron chi connectivity index (χ4n) is 5.43. The Morgan fingerprint density at radius 1 is 0.737 bits per heavy atom. The van der Waals surface area contributed by atoms with Gasteiger partial charge in [0, 0.05) is 33.5 Å². The molecule has 0 saturated carbocycles. The van der Waals surface area contributed by atoms with E-state index in [1.807, 2.05) is 0 Å². The molecule has 0 aliphatic rings. The summed E-state index contributed by atoms with van der Waals surface area (Å²) >= 11 is 1.75. The van der Waals surface area contributed by atoms with E-state index in [2.05, 4.69) is 116 Å². The molecule has 4 heteroatoms. The van der Waals surface area contributed by atoms with Crippen molar-refractivity contribution in [3.05, 3.63) is 82.5 Å². The van der Waals surface area contributed by atoms with Crippen molar-refractivity contribution in [1.29, 1.82) is 0 Å². The van der Waals surface area contributed by atoms with Gasteiger partial charge in [0.05, 0.1) is 15.4 Å². The number of para-hydroxylation sites is 1. The second-order valence-electron chi connectivity index (χ2n) is 12.5. The molecule has 6 aromatic rings. The highest BCUT2D eigenvalue weighted by Gasteiger charge is 2.25. The number of aromatic nitrogens is 2. The van der Waals surface area contributed by atoms with Crippen LogP contribution in [0.15, 0.2) is 65.2 Å². The Hall–Kier alpha value is -3.50. The highest BCUT2D eigenvalue weighted by Crippen LogP contribution is 2.43. The van der Waals surface area contributed by atoms with Gasteiger partial charge in [-0.3, -0.25) is 4.98 Å². The summed E-state index contributed by atoms with van der Waals surface area (Å²) in [5, 5.41) is 3.32. The van der Waals surface area contributed by atoms with E-state index in [-0.39, 0.29) is 10.8 Å². The van der Waals surface area contributed by atoms with Gasteiger partial charge in [0.2, 0.25) is 0 Å². The summed E-state index contributed by atoms with van der Waals surface area (Å²) in [6.07, 6.45) is 2.06. The van der Waals surface area contributed by atoms with Crippen LogP contribution in [0.4, 0.5) is 0 Å². The van der Waals surface area contributed by atoms with E-state index in [0.29, 0.717) is 0 Å². The smallest absolute Gasteiger partial charge is 0.162 e. The lowest BCUT2D eigenvalue weighted by Crippen LogP contribution is -2.14. The molecule has 0 amide bonds. The average molecular weight is 519 g/mol. The average Bonchev–Trinajstić information content (AvgIpc) is 3.45.